The summed E-state index contributed by atoms with van der Waals surface area (Å²) in [6, 6.07) is 0. The molecule has 0 aromatic carbocycles. The van der Waals surface area contributed by atoms with Crippen LogP contribution in [-0.4, -0.2) is 32.1 Å². The van der Waals surface area contributed by atoms with E-state index < -0.39 is 0 Å². The fourth-order valence-corrected chi connectivity index (χ4v) is 6.22. The quantitative estimate of drug-likeness (QED) is 0.0580. The second-order valence-electron chi connectivity index (χ2n) is 13.5. The van der Waals surface area contributed by atoms with Crippen LogP contribution < -0.4 is 5.32 Å². The molecule has 0 bridgehead atoms. The van der Waals surface area contributed by atoms with Crippen LogP contribution in [0, 0.1) is 0 Å². The lowest BCUT2D eigenvalue weighted by molar-refractivity contribution is -0.179. The zero-order valence-corrected chi connectivity index (χ0v) is 30.5. The summed E-state index contributed by atoms with van der Waals surface area (Å²) in [5, 5.41) is 3.28. The van der Waals surface area contributed by atoms with Crippen molar-refractivity contribution in [1.82, 2.24) is 5.32 Å². The van der Waals surface area contributed by atoms with E-state index in [4.69, 9.17) is 9.47 Å². The molecule has 0 spiro atoms. The molecule has 0 amide bonds. The summed E-state index contributed by atoms with van der Waals surface area (Å²) in [4.78, 5) is 0. The van der Waals surface area contributed by atoms with Crippen molar-refractivity contribution in [3.63, 3.8) is 0 Å². The van der Waals surface area contributed by atoms with Crippen LogP contribution in [0.25, 0.3) is 0 Å². The predicted molar refractivity (Wildman–Crippen MR) is 200 cm³/mol. The molecule has 1 N–H and O–H groups in total. The van der Waals surface area contributed by atoms with Gasteiger partial charge in [-0.05, 0) is 97.1 Å². The highest BCUT2D eigenvalue weighted by Gasteiger charge is 2.40. The molecule has 0 radical (unpaired) electrons. The third-order valence-corrected chi connectivity index (χ3v) is 9.15. The minimum absolute atomic E-state index is 0.256. The maximum absolute atomic E-state index is 6.61. The molecule has 1 atom stereocenters. The van der Waals surface area contributed by atoms with Crippen molar-refractivity contribution in [2.24, 2.45) is 0 Å². The van der Waals surface area contributed by atoms with Crippen molar-refractivity contribution >= 4 is 0 Å². The number of hydrogen-bond donors (Lipinski definition) is 1. The lowest BCUT2D eigenvalue weighted by atomic mass is 9.98. The first-order valence-electron chi connectivity index (χ1n) is 19.8. The highest BCUT2D eigenvalue weighted by Crippen LogP contribution is 2.35. The summed E-state index contributed by atoms with van der Waals surface area (Å²) in [6.45, 7) is 6.31. The second-order valence-corrected chi connectivity index (χ2v) is 13.5. The molecule has 3 heteroatoms. The number of unbranched alkanes of at least 4 members (excludes halogenated alkanes) is 18. The standard InChI is InChI=1S/C42H77NO2/c1-4-6-8-10-12-14-16-18-20-22-24-26-28-30-32-34-37-42(44-40-41(45-42)36-39-43-3)38-35-33-31-29-27-25-23-21-19-17-15-13-11-9-7-5-2/h12-15,18-21,41,43H,4-11,16-17,22-40H2,1-3H3/b14-12-,15-13-,20-18-,21-19-. The third kappa shape index (κ3) is 26.6. The summed E-state index contributed by atoms with van der Waals surface area (Å²) in [7, 11) is 2.03. The monoisotopic (exact) mass is 628 g/mol. The first kappa shape index (κ1) is 41.9. The van der Waals surface area contributed by atoms with Crippen molar-refractivity contribution in [3.8, 4) is 0 Å². The highest BCUT2D eigenvalue weighted by molar-refractivity contribution is 4.93. The smallest absolute Gasteiger partial charge is 0.168 e. The summed E-state index contributed by atoms with van der Waals surface area (Å²) in [5.74, 6) is -0.317. The third-order valence-electron chi connectivity index (χ3n) is 9.15. The topological polar surface area (TPSA) is 30.5 Å². The Morgan fingerprint density at radius 3 is 1.36 bits per heavy atom. The lowest BCUT2D eigenvalue weighted by Crippen LogP contribution is -2.31. The average molecular weight is 628 g/mol. The second kappa shape index (κ2) is 32.8. The van der Waals surface area contributed by atoms with Crippen molar-refractivity contribution in [2.45, 2.75) is 199 Å². The maximum Gasteiger partial charge on any atom is 0.168 e. The average Bonchev–Trinajstić information content (AvgIpc) is 3.46. The fourth-order valence-electron chi connectivity index (χ4n) is 6.22. The van der Waals surface area contributed by atoms with Crippen LogP contribution in [0.4, 0.5) is 0 Å². The molecule has 0 saturated carbocycles. The van der Waals surface area contributed by atoms with Crippen LogP contribution in [0.15, 0.2) is 48.6 Å². The van der Waals surface area contributed by atoms with Gasteiger partial charge in [0.15, 0.2) is 5.79 Å². The van der Waals surface area contributed by atoms with Crippen LogP contribution in [0.5, 0.6) is 0 Å². The van der Waals surface area contributed by atoms with Gasteiger partial charge in [-0.25, -0.2) is 0 Å². The molecule has 3 nitrogen and oxygen atoms in total. The van der Waals surface area contributed by atoms with Gasteiger partial charge in [0.25, 0.3) is 0 Å². The fraction of sp³-hybridized carbons (Fsp3) is 0.810. The van der Waals surface area contributed by atoms with Gasteiger partial charge >= 0.3 is 0 Å². The molecular weight excluding hydrogens is 550 g/mol. The van der Waals surface area contributed by atoms with E-state index in [0.29, 0.717) is 0 Å². The van der Waals surface area contributed by atoms with Crippen molar-refractivity contribution < 1.29 is 9.47 Å². The summed E-state index contributed by atoms with van der Waals surface area (Å²) >= 11 is 0. The number of ether oxygens (including phenoxy) is 2. The number of rotatable bonds is 33. The Bertz CT molecular complexity index is 676. The Morgan fingerprint density at radius 2 is 0.933 bits per heavy atom. The van der Waals surface area contributed by atoms with Crippen LogP contribution in [0.3, 0.4) is 0 Å². The van der Waals surface area contributed by atoms with Gasteiger partial charge in [-0.15, -0.1) is 0 Å². The molecule has 262 valence electrons. The Balaban J connectivity index is 2.12. The molecule has 1 fully saturated rings. The van der Waals surface area contributed by atoms with E-state index in [1.54, 1.807) is 0 Å². The molecule has 1 unspecified atom stereocenters. The first-order valence-corrected chi connectivity index (χ1v) is 19.8. The molecule has 0 aromatic heterocycles. The van der Waals surface area contributed by atoms with Gasteiger partial charge in [-0.3, -0.25) is 0 Å². The maximum atomic E-state index is 6.61. The van der Waals surface area contributed by atoms with Crippen LogP contribution in [0.1, 0.15) is 187 Å². The lowest BCUT2D eigenvalue weighted by Gasteiger charge is -2.28. The first-order chi connectivity index (χ1) is 22.3. The SMILES string of the molecule is CCCCC/C=C\C/C=C\CCCCCCCCC1(CCCCCCCC/C=C\C/C=C\CCCCC)OCC(CCNC)O1. The van der Waals surface area contributed by atoms with E-state index in [0.717, 1.165) is 45.3 Å². The van der Waals surface area contributed by atoms with E-state index in [1.807, 2.05) is 7.05 Å². The molecule has 1 aliphatic heterocycles. The predicted octanol–water partition coefficient (Wildman–Crippen LogP) is 13.1. The molecule has 0 aromatic rings. The summed E-state index contributed by atoms with van der Waals surface area (Å²) in [5.41, 5.74) is 0. The van der Waals surface area contributed by atoms with Crippen molar-refractivity contribution in [2.75, 3.05) is 20.2 Å². The van der Waals surface area contributed by atoms with Gasteiger partial charge in [0.2, 0.25) is 0 Å². The zero-order valence-electron chi connectivity index (χ0n) is 30.5. The Labute approximate surface area is 282 Å². The van der Waals surface area contributed by atoms with Crippen molar-refractivity contribution in [3.05, 3.63) is 48.6 Å². The largest absolute Gasteiger partial charge is 0.347 e. The van der Waals surface area contributed by atoms with E-state index in [-0.39, 0.29) is 11.9 Å². The zero-order chi connectivity index (χ0) is 32.4. The molecule has 0 aliphatic carbocycles. The van der Waals surface area contributed by atoms with Crippen LogP contribution in [0.2, 0.25) is 0 Å². The van der Waals surface area contributed by atoms with Crippen molar-refractivity contribution in [1.29, 1.82) is 0 Å². The molecule has 1 heterocycles. The van der Waals surface area contributed by atoms with Gasteiger partial charge in [-0.2, -0.15) is 0 Å². The summed E-state index contributed by atoms with van der Waals surface area (Å²) in [6.07, 6.45) is 53.3. The van der Waals surface area contributed by atoms with Gasteiger partial charge in [0, 0.05) is 12.8 Å². The van der Waals surface area contributed by atoms with E-state index in [2.05, 4.69) is 67.8 Å². The Hall–Kier alpha value is -1.16. The van der Waals surface area contributed by atoms with E-state index >= 15 is 0 Å². The van der Waals surface area contributed by atoms with Gasteiger partial charge in [0.05, 0.1) is 12.7 Å². The number of nitrogens with one attached hydrogen (secondary N) is 1. The number of allylic oxidation sites excluding steroid dienone is 8. The highest BCUT2D eigenvalue weighted by atomic mass is 16.7. The van der Waals surface area contributed by atoms with E-state index in [1.165, 1.54) is 141 Å². The Kier molecular flexibility index (Phi) is 30.5. The number of hydrogen-bond acceptors (Lipinski definition) is 3. The van der Waals surface area contributed by atoms with Crippen LogP contribution >= 0.6 is 0 Å². The van der Waals surface area contributed by atoms with Gasteiger partial charge in [0.1, 0.15) is 0 Å². The molecule has 1 rings (SSSR count). The van der Waals surface area contributed by atoms with Crippen LogP contribution in [-0.2, 0) is 9.47 Å². The molecule has 45 heavy (non-hydrogen) atoms. The van der Waals surface area contributed by atoms with Gasteiger partial charge in [-0.1, -0.05) is 140 Å². The van der Waals surface area contributed by atoms with E-state index in [9.17, 15) is 0 Å². The molecular formula is C42H77NO2. The normalized spacial score (nSPS) is 16.9. The summed E-state index contributed by atoms with van der Waals surface area (Å²) < 4.78 is 13.0. The molecule has 1 saturated heterocycles. The van der Waals surface area contributed by atoms with Gasteiger partial charge < -0.3 is 14.8 Å². The minimum atomic E-state index is -0.317. The minimum Gasteiger partial charge on any atom is -0.347 e. The Morgan fingerprint density at radius 1 is 0.533 bits per heavy atom. The molecule has 1 aliphatic rings.